The molecule has 4 heteroatoms. The highest BCUT2D eigenvalue weighted by molar-refractivity contribution is 6.31. The van der Waals surface area contributed by atoms with Crippen LogP contribution >= 0.6 is 11.6 Å². The highest BCUT2D eigenvalue weighted by Gasteiger charge is 2.21. The minimum absolute atomic E-state index is 0.147. The Hall–Kier alpha value is -1.08. The SMILES string of the molecule is N#Cc1ccc(CNC2CCCCCC2O)c(Cl)c1. The second-order valence-electron chi connectivity index (χ2n) is 5.11. The van der Waals surface area contributed by atoms with Gasteiger partial charge in [-0.25, -0.2) is 0 Å². The first-order chi connectivity index (χ1) is 9.20. The van der Waals surface area contributed by atoms with Crippen molar-refractivity contribution < 1.29 is 5.11 Å². The zero-order valence-corrected chi connectivity index (χ0v) is 11.7. The lowest BCUT2D eigenvalue weighted by Crippen LogP contribution is -2.38. The van der Waals surface area contributed by atoms with Crippen LogP contribution in [-0.2, 0) is 6.54 Å². The molecular formula is C15H19ClN2O. The number of nitrogens with zero attached hydrogens (tertiary/aromatic N) is 1. The van der Waals surface area contributed by atoms with E-state index in [0.29, 0.717) is 17.1 Å². The molecule has 19 heavy (non-hydrogen) atoms. The summed E-state index contributed by atoms with van der Waals surface area (Å²) < 4.78 is 0. The average Bonchev–Trinajstić information content (AvgIpc) is 2.62. The quantitative estimate of drug-likeness (QED) is 0.836. The zero-order valence-electron chi connectivity index (χ0n) is 10.9. The lowest BCUT2D eigenvalue weighted by Gasteiger charge is -2.22. The van der Waals surface area contributed by atoms with Crippen LogP contribution in [0.2, 0.25) is 5.02 Å². The van der Waals surface area contributed by atoms with E-state index in [0.717, 1.165) is 31.2 Å². The first-order valence-electron chi connectivity index (χ1n) is 6.80. The molecule has 0 aromatic heterocycles. The number of benzene rings is 1. The fourth-order valence-electron chi connectivity index (χ4n) is 2.53. The number of aliphatic hydroxyl groups is 1. The molecule has 0 bridgehead atoms. The molecule has 1 aliphatic rings. The molecule has 0 radical (unpaired) electrons. The number of hydrogen-bond donors (Lipinski definition) is 2. The molecule has 1 saturated carbocycles. The van der Waals surface area contributed by atoms with Crippen LogP contribution < -0.4 is 5.32 Å². The van der Waals surface area contributed by atoms with Gasteiger partial charge in [-0.3, -0.25) is 0 Å². The minimum atomic E-state index is -0.264. The van der Waals surface area contributed by atoms with Gasteiger partial charge in [0.25, 0.3) is 0 Å². The molecular weight excluding hydrogens is 260 g/mol. The third-order valence-electron chi connectivity index (χ3n) is 3.72. The molecule has 1 fully saturated rings. The van der Waals surface area contributed by atoms with Crippen molar-refractivity contribution in [1.82, 2.24) is 5.32 Å². The molecule has 1 aromatic rings. The van der Waals surface area contributed by atoms with Gasteiger partial charge in [-0.1, -0.05) is 36.9 Å². The van der Waals surface area contributed by atoms with E-state index in [1.807, 2.05) is 6.07 Å². The highest BCUT2D eigenvalue weighted by Crippen LogP contribution is 2.21. The molecule has 0 amide bonds. The summed E-state index contributed by atoms with van der Waals surface area (Å²) in [5, 5.41) is 22.8. The summed E-state index contributed by atoms with van der Waals surface area (Å²) in [4.78, 5) is 0. The predicted octanol–water partition coefficient (Wildman–Crippen LogP) is 2.99. The van der Waals surface area contributed by atoms with Gasteiger partial charge in [0.2, 0.25) is 0 Å². The van der Waals surface area contributed by atoms with Crippen molar-refractivity contribution in [2.45, 2.75) is 50.8 Å². The van der Waals surface area contributed by atoms with Gasteiger partial charge in [0.15, 0.2) is 0 Å². The third-order valence-corrected chi connectivity index (χ3v) is 4.07. The summed E-state index contributed by atoms with van der Waals surface area (Å²) in [5.74, 6) is 0. The van der Waals surface area contributed by atoms with E-state index in [1.54, 1.807) is 12.1 Å². The fourth-order valence-corrected chi connectivity index (χ4v) is 2.77. The third kappa shape index (κ3) is 3.94. The zero-order chi connectivity index (χ0) is 13.7. The molecule has 1 aliphatic carbocycles. The van der Waals surface area contributed by atoms with Crippen molar-refractivity contribution in [2.24, 2.45) is 0 Å². The molecule has 3 nitrogen and oxygen atoms in total. The van der Waals surface area contributed by atoms with Crippen LogP contribution in [0.5, 0.6) is 0 Å². The lowest BCUT2D eigenvalue weighted by atomic mass is 10.1. The Kier molecular flexibility index (Phi) is 5.21. The maximum absolute atomic E-state index is 10.0. The van der Waals surface area contributed by atoms with E-state index in [4.69, 9.17) is 16.9 Å². The van der Waals surface area contributed by atoms with Crippen molar-refractivity contribution in [1.29, 1.82) is 5.26 Å². The Balaban J connectivity index is 1.96. The Bertz CT molecular complexity index is 470. The van der Waals surface area contributed by atoms with Gasteiger partial charge in [-0.2, -0.15) is 5.26 Å². The van der Waals surface area contributed by atoms with Crippen LogP contribution in [0.4, 0.5) is 0 Å². The van der Waals surface area contributed by atoms with Crippen molar-refractivity contribution in [3.8, 4) is 6.07 Å². The monoisotopic (exact) mass is 278 g/mol. The Labute approximate surface area is 119 Å². The fraction of sp³-hybridized carbons (Fsp3) is 0.533. The van der Waals surface area contributed by atoms with E-state index in [-0.39, 0.29) is 12.1 Å². The van der Waals surface area contributed by atoms with Gasteiger partial charge in [0, 0.05) is 17.6 Å². The van der Waals surface area contributed by atoms with Crippen LogP contribution in [0.15, 0.2) is 18.2 Å². The number of nitrogens with one attached hydrogen (secondary N) is 1. The average molecular weight is 279 g/mol. The molecule has 2 rings (SSSR count). The van der Waals surface area contributed by atoms with Crippen LogP contribution in [0, 0.1) is 11.3 Å². The summed E-state index contributed by atoms with van der Waals surface area (Å²) in [6.07, 6.45) is 5.09. The normalized spacial score (nSPS) is 23.6. The van der Waals surface area contributed by atoms with Crippen LogP contribution in [0.25, 0.3) is 0 Å². The molecule has 1 aromatic carbocycles. The molecule has 0 aliphatic heterocycles. The van der Waals surface area contributed by atoms with E-state index < -0.39 is 0 Å². The Morgan fingerprint density at radius 1 is 1.32 bits per heavy atom. The largest absolute Gasteiger partial charge is 0.392 e. The molecule has 2 atom stereocenters. The minimum Gasteiger partial charge on any atom is -0.392 e. The maximum atomic E-state index is 10.0. The van der Waals surface area contributed by atoms with Gasteiger partial charge >= 0.3 is 0 Å². The number of aliphatic hydroxyl groups excluding tert-OH is 1. The number of hydrogen-bond acceptors (Lipinski definition) is 3. The van der Waals surface area contributed by atoms with E-state index in [1.165, 1.54) is 6.42 Å². The smallest absolute Gasteiger partial charge is 0.0992 e. The number of halogens is 1. The first kappa shape index (κ1) is 14.3. The molecule has 2 unspecified atom stereocenters. The molecule has 2 N–H and O–H groups in total. The second kappa shape index (κ2) is 6.91. The molecule has 102 valence electrons. The standard InChI is InChI=1S/C15H19ClN2O/c16-13-8-11(9-17)6-7-12(13)10-18-14-4-2-1-3-5-15(14)19/h6-8,14-15,18-19H,1-5,10H2. The predicted molar refractivity (Wildman–Crippen MR) is 75.9 cm³/mol. The van der Waals surface area contributed by atoms with Crippen molar-refractivity contribution in [3.63, 3.8) is 0 Å². The van der Waals surface area contributed by atoms with Gasteiger partial charge in [-0.15, -0.1) is 0 Å². The second-order valence-corrected chi connectivity index (χ2v) is 5.52. The van der Waals surface area contributed by atoms with Crippen molar-refractivity contribution >= 4 is 11.6 Å². The summed E-state index contributed by atoms with van der Waals surface area (Å²) in [6, 6.07) is 7.54. The van der Waals surface area contributed by atoms with E-state index >= 15 is 0 Å². The Morgan fingerprint density at radius 3 is 2.84 bits per heavy atom. The number of nitriles is 1. The Morgan fingerprint density at radius 2 is 2.11 bits per heavy atom. The van der Waals surface area contributed by atoms with Crippen LogP contribution in [-0.4, -0.2) is 17.3 Å². The van der Waals surface area contributed by atoms with Gasteiger partial charge < -0.3 is 10.4 Å². The first-order valence-corrected chi connectivity index (χ1v) is 7.18. The van der Waals surface area contributed by atoms with E-state index in [9.17, 15) is 5.11 Å². The van der Waals surface area contributed by atoms with Crippen LogP contribution in [0.3, 0.4) is 0 Å². The topological polar surface area (TPSA) is 56.0 Å². The van der Waals surface area contributed by atoms with Crippen molar-refractivity contribution in [2.75, 3.05) is 0 Å². The van der Waals surface area contributed by atoms with Crippen LogP contribution in [0.1, 0.15) is 43.2 Å². The number of rotatable bonds is 3. The van der Waals surface area contributed by atoms with Crippen molar-refractivity contribution in [3.05, 3.63) is 34.3 Å². The molecule has 0 spiro atoms. The highest BCUT2D eigenvalue weighted by atomic mass is 35.5. The summed E-state index contributed by atoms with van der Waals surface area (Å²) in [7, 11) is 0. The van der Waals surface area contributed by atoms with Gasteiger partial charge in [-0.05, 0) is 30.5 Å². The summed E-state index contributed by atoms with van der Waals surface area (Å²) in [5.41, 5.74) is 1.54. The molecule has 0 saturated heterocycles. The van der Waals surface area contributed by atoms with Gasteiger partial charge in [0.05, 0.1) is 17.7 Å². The van der Waals surface area contributed by atoms with E-state index in [2.05, 4.69) is 11.4 Å². The maximum Gasteiger partial charge on any atom is 0.0992 e. The summed E-state index contributed by atoms with van der Waals surface area (Å²) in [6.45, 7) is 0.631. The van der Waals surface area contributed by atoms with Gasteiger partial charge in [0.1, 0.15) is 0 Å². The summed E-state index contributed by atoms with van der Waals surface area (Å²) >= 11 is 6.14. The molecule has 0 heterocycles. The lowest BCUT2D eigenvalue weighted by molar-refractivity contribution is 0.119.